The van der Waals surface area contributed by atoms with Crippen molar-refractivity contribution in [2.75, 3.05) is 7.11 Å². The van der Waals surface area contributed by atoms with Crippen molar-refractivity contribution < 1.29 is 13.9 Å². The number of hydrogen-bond acceptors (Lipinski definition) is 5. The van der Waals surface area contributed by atoms with Crippen molar-refractivity contribution in [3.05, 3.63) is 57.3 Å². The van der Waals surface area contributed by atoms with Gasteiger partial charge in [-0.15, -0.1) is 5.10 Å². The quantitative estimate of drug-likeness (QED) is 0.899. The van der Waals surface area contributed by atoms with Gasteiger partial charge in [-0.2, -0.15) is 5.26 Å². The Kier molecular flexibility index (Phi) is 3.94. The van der Waals surface area contributed by atoms with Crippen molar-refractivity contribution in [3.63, 3.8) is 0 Å². The average molecular weight is 335 g/mol. The van der Waals surface area contributed by atoms with E-state index in [0.29, 0.717) is 11.3 Å². The lowest BCUT2D eigenvalue weighted by molar-refractivity contribution is 0.180. The van der Waals surface area contributed by atoms with E-state index in [9.17, 15) is 9.65 Å². The van der Waals surface area contributed by atoms with Crippen LogP contribution in [0.4, 0.5) is 4.39 Å². The number of hydrogen-bond donors (Lipinski definition) is 2. The van der Waals surface area contributed by atoms with Crippen LogP contribution in [0.1, 0.15) is 22.7 Å². The summed E-state index contributed by atoms with van der Waals surface area (Å²) in [6.45, 7) is 0.187. The summed E-state index contributed by atoms with van der Waals surface area (Å²) in [5.41, 5.74) is 7.07. The van der Waals surface area contributed by atoms with Crippen molar-refractivity contribution in [3.8, 4) is 11.9 Å². The number of benzene rings is 1. The number of ether oxygens (including phenoxy) is 2. The number of aromatic nitrogens is 2. The van der Waals surface area contributed by atoms with Crippen molar-refractivity contribution in [1.82, 2.24) is 10.2 Å². The van der Waals surface area contributed by atoms with Crippen LogP contribution in [-0.4, -0.2) is 17.3 Å². The van der Waals surface area contributed by atoms with E-state index in [0.717, 1.165) is 0 Å². The van der Waals surface area contributed by atoms with Gasteiger partial charge in [-0.3, -0.25) is 5.10 Å². The SMILES string of the molecule is COCc1[nH]nc2c1[C@@H](c1c(F)cccc1Cl)C(C#N)=C(N)O2. The van der Waals surface area contributed by atoms with E-state index < -0.39 is 11.7 Å². The summed E-state index contributed by atoms with van der Waals surface area (Å²) in [5, 5.41) is 16.4. The minimum Gasteiger partial charge on any atom is -0.420 e. The Morgan fingerprint density at radius 2 is 2.30 bits per heavy atom. The molecule has 2 aromatic rings. The second-order valence-corrected chi connectivity index (χ2v) is 5.32. The van der Waals surface area contributed by atoms with Gasteiger partial charge in [-0.1, -0.05) is 17.7 Å². The summed E-state index contributed by atoms with van der Waals surface area (Å²) in [7, 11) is 1.51. The topological polar surface area (TPSA) is 97.0 Å². The number of halogens is 2. The molecule has 1 aromatic heterocycles. The number of rotatable bonds is 3. The molecule has 3 N–H and O–H groups in total. The molecule has 23 heavy (non-hydrogen) atoms. The van der Waals surface area contributed by atoms with Crippen LogP contribution in [0.5, 0.6) is 5.88 Å². The molecule has 1 aromatic carbocycles. The summed E-state index contributed by atoms with van der Waals surface area (Å²) < 4.78 is 24.9. The second kappa shape index (κ2) is 5.91. The maximum Gasteiger partial charge on any atom is 0.244 e. The maximum absolute atomic E-state index is 14.4. The molecule has 1 atom stereocenters. The first kappa shape index (κ1) is 15.3. The zero-order valence-electron chi connectivity index (χ0n) is 12.1. The molecule has 118 valence electrons. The first-order valence-corrected chi connectivity index (χ1v) is 7.03. The van der Waals surface area contributed by atoms with Gasteiger partial charge in [0.2, 0.25) is 11.8 Å². The van der Waals surface area contributed by atoms with Crippen molar-refractivity contribution in [2.24, 2.45) is 5.73 Å². The molecule has 1 aliphatic rings. The zero-order chi connectivity index (χ0) is 16.6. The van der Waals surface area contributed by atoms with Gasteiger partial charge in [-0.25, -0.2) is 4.39 Å². The van der Waals surface area contributed by atoms with Crippen LogP contribution in [0.2, 0.25) is 5.02 Å². The third-order valence-corrected chi connectivity index (χ3v) is 3.92. The van der Waals surface area contributed by atoms with E-state index in [1.165, 1.54) is 19.2 Å². The van der Waals surface area contributed by atoms with Gasteiger partial charge < -0.3 is 15.2 Å². The molecule has 6 nitrogen and oxygen atoms in total. The third kappa shape index (κ3) is 2.42. The molecule has 2 heterocycles. The largest absolute Gasteiger partial charge is 0.420 e. The molecule has 1 aliphatic heterocycles. The molecule has 8 heteroatoms. The van der Waals surface area contributed by atoms with E-state index in [4.69, 9.17) is 26.8 Å². The maximum atomic E-state index is 14.4. The molecule has 0 saturated carbocycles. The van der Waals surface area contributed by atoms with Crippen LogP contribution in [0.25, 0.3) is 0 Å². The Morgan fingerprint density at radius 1 is 1.52 bits per heavy atom. The molecule has 0 spiro atoms. The molecule has 0 fully saturated rings. The van der Waals surface area contributed by atoms with Gasteiger partial charge in [-0.05, 0) is 12.1 Å². The van der Waals surface area contributed by atoms with Crippen LogP contribution in [-0.2, 0) is 11.3 Å². The highest BCUT2D eigenvalue weighted by Gasteiger charge is 2.37. The van der Waals surface area contributed by atoms with Crippen LogP contribution >= 0.6 is 11.6 Å². The number of H-pyrrole nitrogens is 1. The molecular weight excluding hydrogens is 323 g/mol. The van der Waals surface area contributed by atoms with Crippen LogP contribution < -0.4 is 10.5 Å². The third-order valence-electron chi connectivity index (χ3n) is 3.59. The van der Waals surface area contributed by atoms with E-state index in [-0.39, 0.29) is 34.5 Å². The summed E-state index contributed by atoms with van der Waals surface area (Å²) in [5.74, 6) is -1.31. The molecule has 0 saturated heterocycles. The predicted molar refractivity (Wildman–Crippen MR) is 80.0 cm³/mol. The van der Waals surface area contributed by atoms with Gasteiger partial charge >= 0.3 is 0 Å². The monoisotopic (exact) mass is 334 g/mol. The Bertz CT molecular complexity index is 820. The summed E-state index contributed by atoms with van der Waals surface area (Å²) >= 11 is 6.18. The molecule has 0 aliphatic carbocycles. The fourth-order valence-corrected chi connectivity index (χ4v) is 2.91. The average Bonchev–Trinajstić information content (AvgIpc) is 2.90. The second-order valence-electron chi connectivity index (χ2n) is 4.91. The first-order chi connectivity index (χ1) is 11.1. The molecule has 0 bridgehead atoms. The highest BCUT2D eigenvalue weighted by Crippen LogP contribution is 2.45. The first-order valence-electron chi connectivity index (χ1n) is 6.66. The molecule has 0 unspecified atom stereocenters. The van der Waals surface area contributed by atoms with Gasteiger partial charge in [0.1, 0.15) is 17.5 Å². The highest BCUT2D eigenvalue weighted by molar-refractivity contribution is 6.31. The number of aromatic amines is 1. The molecule has 0 amide bonds. The lowest BCUT2D eigenvalue weighted by Gasteiger charge is -2.25. The van der Waals surface area contributed by atoms with Crippen LogP contribution in [0.3, 0.4) is 0 Å². The van der Waals surface area contributed by atoms with Crippen LogP contribution in [0.15, 0.2) is 29.7 Å². The van der Waals surface area contributed by atoms with E-state index in [1.807, 2.05) is 6.07 Å². The number of methoxy groups -OCH3 is 1. The van der Waals surface area contributed by atoms with E-state index in [1.54, 1.807) is 6.07 Å². The smallest absolute Gasteiger partial charge is 0.244 e. The minimum atomic E-state index is -0.818. The number of nitrogens with zero attached hydrogens (tertiary/aromatic N) is 2. The van der Waals surface area contributed by atoms with Gasteiger partial charge in [0.05, 0.1) is 23.8 Å². The van der Waals surface area contributed by atoms with Crippen LogP contribution in [0, 0.1) is 17.1 Å². The van der Waals surface area contributed by atoms with Gasteiger partial charge in [0.15, 0.2) is 0 Å². The van der Waals surface area contributed by atoms with Crippen molar-refractivity contribution in [1.29, 1.82) is 5.26 Å². The summed E-state index contributed by atoms with van der Waals surface area (Å²) in [4.78, 5) is 0. The molecule has 3 rings (SSSR count). The van der Waals surface area contributed by atoms with Crippen molar-refractivity contribution >= 4 is 11.6 Å². The minimum absolute atomic E-state index is 0.0725. The Labute approximate surface area is 136 Å². The van der Waals surface area contributed by atoms with E-state index >= 15 is 0 Å². The lowest BCUT2D eigenvalue weighted by Crippen LogP contribution is -2.22. The van der Waals surface area contributed by atoms with Gasteiger partial charge in [0, 0.05) is 17.7 Å². The number of nitriles is 1. The standard InChI is InChI=1S/C15H12ClFN4O2/c1-22-6-10-13-11(12-8(16)3-2-4-9(12)17)7(5-18)14(19)23-15(13)21-20-10/h2-4,11H,6,19H2,1H3,(H,20,21)/t11-/m1/s1. The Hall–Kier alpha value is -2.56. The summed E-state index contributed by atoms with van der Waals surface area (Å²) in [6, 6.07) is 6.30. The predicted octanol–water partition coefficient (Wildman–Crippen LogP) is 2.57. The highest BCUT2D eigenvalue weighted by atomic mass is 35.5. The normalized spacial score (nSPS) is 16.7. The summed E-state index contributed by atoms with van der Waals surface area (Å²) in [6.07, 6.45) is 0. The number of nitrogens with one attached hydrogen (secondary N) is 1. The zero-order valence-corrected chi connectivity index (χ0v) is 12.8. The molecular formula is C15H12ClFN4O2. The number of allylic oxidation sites excluding steroid dienone is 1. The Balaban J connectivity index is 2.29. The fraction of sp³-hybridized carbons (Fsp3) is 0.200. The number of fused-ring (bicyclic) bond motifs is 1. The van der Waals surface area contributed by atoms with E-state index in [2.05, 4.69) is 10.2 Å². The Morgan fingerprint density at radius 3 is 2.96 bits per heavy atom. The van der Waals surface area contributed by atoms with Crippen molar-refractivity contribution in [2.45, 2.75) is 12.5 Å². The number of nitrogens with two attached hydrogens (primary N) is 1. The lowest BCUT2D eigenvalue weighted by atomic mass is 9.83. The van der Waals surface area contributed by atoms with Gasteiger partial charge in [0.25, 0.3) is 0 Å². The molecule has 0 radical (unpaired) electrons. The fourth-order valence-electron chi connectivity index (χ4n) is 2.64.